The van der Waals surface area contributed by atoms with Crippen LogP contribution in [0.4, 0.5) is 0 Å². The fourth-order valence-electron chi connectivity index (χ4n) is 3.08. The maximum Gasteiger partial charge on any atom is 0.491 e. The first kappa shape index (κ1) is 21.7. The van der Waals surface area contributed by atoms with Crippen molar-refractivity contribution in [2.75, 3.05) is 12.4 Å². The molecule has 0 unspecified atom stereocenters. The molecule has 1 aromatic heterocycles. The third-order valence-corrected chi connectivity index (χ3v) is 5.86. The first-order chi connectivity index (χ1) is 13.6. The van der Waals surface area contributed by atoms with Crippen LogP contribution in [0.3, 0.4) is 0 Å². The second-order valence-corrected chi connectivity index (χ2v) is 8.34. The van der Waals surface area contributed by atoms with Crippen LogP contribution in [0.25, 0.3) is 17.0 Å². The van der Waals surface area contributed by atoms with Crippen LogP contribution in [-0.2, 0) is 14.0 Å². The van der Waals surface area contributed by atoms with Gasteiger partial charge in [0.25, 0.3) is 0 Å². The van der Waals surface area contributed by atoms with E-state index in [4.69, 9.17) is 14.0 Å². The van der Waals surface area contributed by atoms with E-state index in [1.54, 1.807) is 19.1 Å². The molecular weight excluding hydrogens is 389 g/mol. The topological polar surface area (TPSA) is 77.6 Å². The molecule has 3 rings (SSSR count). The number of thiol groups is 1. The Kier molecular flexibility index (Phi) is 5.99. The van der Waals surface area contributed by atoms with Crippen molar-refractivity contribution in [2.45, 2.75) is 45.8 Å². The normalized spacial score (nSPS) is 18.3. The summed E-state index contributed by atoms with van der Waals surface area (Å²) >= 11 is 4.44. The number of H-pyrrole nitrogens is 1. The number of pyridine rings is 1. The van der Waals surface area contributed by atoms with Gasteiger partial charge in [-0.25, -0.2) is 4.79 Å². The molecule has 154 valence electrons. The van der Waals surface area contributed by atoms with Gasteiger partial charge >= 0.3 is 13.1 Å². The molecule has 1 saturated heterocycles. The molecule has 0 bridgehead atoms. The zero-order valence-corrected chi connectivity index (χ0v) is 18.3. The van der Waals surface area contributed by atoms with Crippen molar-refractivity contribution in [1.82, 2.24) is 4.98 Å². The van der Waals surface area contributed by atoms with E-state index in [-0.39, 0.29) is 17.6 Å². The first-order valence-corrected chi connectivity index (χ1v) is 10.2. The number of hydrogen-bond acceptors (Lipinski definition) is 6. The number of aromatic nitrogens is 1. The van der Waals surface area contributed by atoms with Gasteiger partial charge in [-0.05, 0) is 57.8 Å². The summed E-state index contributed by atoms with van der Waals surface area (Å²) in [4.78, 5) is 27.8. The van der Waals surface area contributed by atoms with Crippen LogP contribution in [0, 0.1) is 0 Å². The van der Waals surface area contributed by atoms with Gasteiger partial charge in [0.2, 0.25) is 5.43 Å². The number of nitrogens with one attached hydrogen (secondary N) is 1. The van der Waals surface area contributed by atoms with Crippen LogP contribution in [0.1, 0.15) is 50.5 Å². The molecular formula is C21H26BNO5S. The third-order valence-electron chi connectivity index (χ3n) is 5.49. The monoisotopic (exact) mass is 415 g/mol. The smallest absolute Gasteiger partial charge is 0.462 e. The van der Waals surface area contributed by atoms with Crippen molar-refractivity contribution < 1.29 is 18.8 Å². The summed E-state index contributed by atoms with van der Waals surface area (Å²) in [6, 6.07) is 5.43. The highest BCUT2D eigenvalue weighted by Crippen LogP contribution is 2.39. The van der Waals surface area contributed by atoms with Crippen LogP contribution >= 0.6 is 12.6 Å². The number of fused-ring (bicyclic) bond motifs is 1. The lowest BCUT2D eigenvalue weighted by atomic mass is 9.78. The first-order valence-electron chi connectivity index (χ1n) is 9.59. The summed E-state index contributed by atoms with van der Waals surface area (Å²) in [5, 5.41) is 0.414. The standard InChI is InChI=1S/C21H26BNO5S/c1-6-26-19(25)16-11-23-17-8-7-13(10-15(17)18(16)24)9-14(12-29)22-27-20(2,3)21(4,5)28-22/h7-11,29H,6,12H2,1-5H3,(H,23,24). The Hall–Kier alpha value is -2.03. The summed E-state index contributed by atoms with van der Waals surface area (Å²) < 4.78 is 17.2. The highest BCUT2D eigenvalue weighted by atomic mass is 32.1. The van der Waals surface area contributed by atoms with E-state index in [2.05, 4.69) is 17.6 Å². The Labute approximate surface area is 176 Å². The number of hydrogen-bond donors (Lipinski definition) is 2. The summed E-state index contributed by atoms with van der Waals surface area (Å²) in [7, 11) is -0.516. The summed E-state index contributed by atoms with van der Waals surface area (Å²) in [6.07, 6.45) is 3.30. The molecule has 1 aliphatic heterocycles. The van der Waals surface area contributed by atoms with Crippen LogP contribution in [0.5, 0.6) is 0 Å². The fraction of sp³-hybridized carbons (Fsp3) is 0.429. The fourth-order valence-corrected chi connectivity index (χ4v) is 3.32. The minimum atomic E-state index is -0.634. The average Bonchev–Trinajstić information content (AvgIpc) is 2.87. The van der Waals surface area contributed by atoms with Crippen LogP contribution < -0.4 is 5.43 Å². The average molecular weight is 415 g/mol. The van der Waals surface area contributed by atoms with Gasteiger partial charge in [0, 0.05) is 22.9 Å². The molecule has 2 heterocycles. The molecule has 0 spiro atoms. The van der Waals surface area contributed by atoms with E-state index < -0.39 is 24.3 Å². The van der Waals surface area contributed by atoms with E-state index >= 15 is 0 Å². The quantitative estimate of drug-likeness (QED) is 0.443. The van der Waals surface area contributed by atoms with Gasteiger partial charge in [-0.1, -0.05) is 12.1 Å². The van der Waals surface area contributed by atoms with Gasteiger partial charge in [0.15, 0.2) is 0 Å². The largest absolute Gasteiger partial charge is 0.491 e. The van der Waals surface area contributed by atoms with Crippen molar-refractivity contribution in [1.29, 1.82) is 0 Å². The molecule has 1 aliphatic rings. The van der Waals surface area contributed by atoms with Gasteiger partial charge in [0.1, 0.15) is 5.56 Å². The van der Waals surface area contributed by atoms with Crippen molar-refractivity contribution in [3.63, 3.8) is 0 Å². The molecule has 6 nitrogen and oxygen atoms in total. The lowest BCUT2D eigenvalue weighted by Crippen LogP contribution is -2.41. The minimum Gasteiger partial charge on any atom is -0.462 e. The van der Waals surface area contributed by atoms with Crippen molar-refractivity contribution >= 4 is 42.7 Å². The Bertz CT molecular complexity index is 1010. The number of esters is 1. The zero-order valence-electron chi connectivity index (χ0n) is 17.4. The molecule has 2 aromatic rings. The highest BCUT2D eigenvalue weighted by molar-refractivity contribution is 7.80. The Morgan fingerprint density at radius 1 is 1.24 bits per heavy atom. The zero-order chi connectivity index (χ0) is 21.4. The van der Waals surface area contributed by atoms with Crippen LogP contribution in [0.15, 0.2) is 34.7 Å². The number of carbonyl (C=O) groups is 1. The molecule has 29 heavy (non-hydrogen) atoms. The van der Waals surface area contributed by atoms with Crippen LogP contribution in [-0.4, -0.2) is 41.6 Å². The van der Waals surface area contributed by atoms with E-state index in [0.29, 0.717) is 16.7 Å². The van der Waals surface area contributed by atoms with E-state index in [1.165, 1.54) is 6.20 Å². The predicted octanol–water partition coefficient (Wildman–Crippen LogP) is 3.65. The molecule has 1 N–H and O–H groups in total. The van der Waals surface area contributed by atoms with E-state index in [0.717, 1.165) is 11.0 Å². The second kappa shape index (κ2) is 8.01. The van der Waals surface area contributed by atoms with Crippen molar-refractivity contribution in [3.8, 4) is 0 Å². The van der Waals surface area contributed by atoms with E-state index in [9.17, 15) is 9.59 Å². The molecule has 0 aliphatic carbocycles. The van der Waals surface area contributed by atoms with E-state index in [1.807, 2.05) is 39.8 Å². The van der Waals surface area contributed by atoms with Crippen LogP contribution in [0.2, 0.25) is 0 Å². The molecule has 0 atom stereocenters. The molecule has 0 saturated carbocycles. The molecule has 1 fully saturated rings. The Balaban J connectivity index is 2.00. The second-order valence-electron chi connectivity index (χ2n) is 8.02. The van der Waals surface area contributed by atoms with Crippen molar-refractivity contribution in [3.05, 3.63) is 51.2 Å². The SMILES string of the molecule is CCOC(=O)c1c[nH]c2ccc(C=C(CS)B3OC(C)(C)C(C)(C)O3)cc2c1=O. The maximum absolute atomic E-state index is 12.8. The minimum absolute atomic E-state index is 0.0131. The summed E-state index contributed by atoms with van der Waals surface area (Å²) in [5.74, 6) is -0.196. The summed E-state index contributed by atoms with van der Waals surface area (Å²) in [6.45, 7) is 9.89. The highest BCUT2D eigenvalue weighted by Gasteiger charge is 2.52. The lowest BCUT2D eigenvalue weighted by Gasteiger charge is -2.32. The number of ether oxygens (including phenoxy) is 1. The Morgan fingerprint density at radius 2 is 1.90 bits per heavy atom. The Morgan fingerprint density at radius 3 is 2.48 bits per heavy atom. The van der Waals surface area contributed by atoms with Gasteiger partial charge in [-0.15, -0.1) is 0 Å². The lowest BCUT2D eigenvalue weighted by molar-refractivity contribution is 0.00578. The predicted molar refractivity (Wildman–Crippen MR) is 118 cm³/mol. The third kappa shape index (κ3) is 4.15. The number of carbonyl (C=O) groups excluding carboxylic acids is 1. The molecule has 8 heteroatoms. The maximum atomic E-state index is 12.8. The van der Waals surface area contributed by atoms with Gasteiger partial charge < -0.3 is 19.0 Å². The van der Waals surface area contributed by atoms with Gasteiger partial charge in [-0.2, -0.15) is 12.6 Å². The molecule has 0 radical (unpaired) electrons. The van der Waals surface area contributed by atoms with Crippen molar-refractivity contribution in [2.24, 2.45) is 0 Å². The summed E-state index contributed by atoms with van der Waals surface area (Å²) in [5.41, 5.74) is 1.01. The number of rotatable bonds is 5. The van der Waals surface area contributed by atoms with Gasteiger partial charge in [-0.3, -0.25) is 4.79 Å². The molecule has 0 amide bonds. The number of benzene rings is 1. The number of aromatic amines is 1. The molecule has 1 aromatic carbocycles. The van der Waals surface area contributed by atoms with Gasteiger partial charge in [0.05, 0.1) is 17.8 Å².